The molecule has 0 aliphatic heterocycles. The van der Waals surface area contributed by atoms with Crippen molar-refractivity contribution in [3.63, 3.8) is 0 Å². The van der Waals surface area contributed by atoms with Crippen LogP contribution in [-0.2, 0) is 6.54 Å². The molecule has 0 fully saturated rings. The van der Waals surface area contributed by atoms with Crippen molar-refractivity contribution in [2.24, 2.45) is 0 Å². The van der Waals surface area contributed by atoms with Gasteiger partial charge in [0, 0.05) is 34.0 Å². The van der Waals surface area contributed by atoms with Crippen molar-refractivity contribution in [2.75, 3.05) is 0 Å². The van der Waals surface area contributed by atoms with Crippen molar-refractivity contribution >= 4 is 17.0 Å². The van der Waals surface area contributed by atoms with E-state index < -0.39 is 0 Å². The molecule has 0 aliphatic rings. The maximum absolute atomic E-state index is 11.0. The SMILES string of the molecule is Cc1cc(C(C)NCc2cccc([N+](=O)[O-])c2C)c(C)s1. The van der Waals surface area contributed by atoms with Gasteiger partial charge in [-0.3, -0.25) is 10.1 Å². The molecule has 2 aromatic rings. The Morgan fingerprint density at radius 1 is 1.33 bits per heavy atom. The van der Waals surface area contributed by atoms with E-state index in [9.17, 15) is 10.1 Å². The van der Waals surface area contributed by atoms with Gasteiger partial charge in [-0.15, -0.1) is 11.3 Å². The molecule has 0 radical (unpaired) electrons. The summed E-state index contributed by atoms with van der Waals surface area (Å²) in [7, 11) is 0. The maximum atomic E-state index is 11.0. The third-order valence-corrected chi connectivity index (χ3v) is 4.74. The standard InChI is InChI=1S/C16H20N2O2S/c1-10-8-15(13(4)21-10)12(3)17-9-14-6-5-7-16(11(14)2)18(19)20/h5-8,12,17H,9H2,1-4H3. The lowest BCUT2D eigenvalue weighted by molar-refractivity contribution is -0.385. The quantitative estimate of drug-likeness (QED) is 0.656. The molecular formula is C16H20N2O2S. The van der Waals surface area contributed by atoms with Crippen molar-refractivity contribution in [1.29, 1.82) is 0 Å². The third kappa shape index (κ3) is 3.49. The molecule has 1 aromatic carbocycles. The zero-order chi connectivity index (χ0) is 15.6. The third-order valence-electron chi connectivity index (χ3n) is 3.76. The first kappa shape index (κ1) is 15.7. The van der Waals surface area contributed by atoms with Crippen LogP contribution in [0.1, 0.15) is 39.4 Å². The van der Waals surface area contributed by atoms with Crippen molar-refractivity contribution in [3.8, 4) is 0 Å². The van der Waals surface area contributed by atoms with Crippen LogP contribution in [-0.4, -0.2) is 4.92 Å². The average molecular weight is 304 g/mol. The molecule has 0 bridgehead atoms. The molecule has 0 spiro atoms. The van der Waals surface area contributed by atoms with Crippen LogP contribution in [0.5, 0.6) is 0 Å². The summed E-state index contributed by atoms with van der Waals surface area (Å²) in [5, 5.41) is 14.4. The molecule has 0 saturated heterocycles. The molecular weight excluding hydrogens is 284 g/mol. The average Bonchev–Trinajstić information content (AvgIpc) is 2.76. The molecule has 2 rings (SSSR count). The number of nitro benzene ring substituents is 1. The lowest BCUT2D eigenvalue weighted by atomic mass is 10.1. The van der Waals surface area contributed by atoms with Gasteiger partial charge >= 0.3 is 0 Å². The maximum Gasteiger partial charge on any atom is 0.272 e. The van der Waals surface area contributed by atoms with E-state index in [0.717, 1.165) is 11.1 Å². The highest BCUT2D eigenvalue weighted by Crippen LogP contribution is 2.27. The number of nitrogens with one attached hydrogen (secondary N) is 1. The Labute approximate surface area is 129 Å². The fourth-order valence-corrected chi connectivity index (χ4v) is 3.54. The van der Waals surface area contributed by atoms with Crippen LogP contribution in [0.3, 0.4) is 0 Å². The number of rotatable bonds is 5. The second kappa shape index (κ2) is 6.37. The van der Waals surface area contributed by atoms with E-state index in [1.165, 1.54) is 15.3 Å². The van der Waals surface area contributed by atoms with Gasteiger partial charge in [-0.05, 0) is 44.9 Å². The Morgan fingerprint density at radius 3 is 2.62 bits per heavy atom. The van der Waals surface area contributed by atoms with Crippen LogP contribution in [0.15, 0.2) is 24.3 Å². The van der Waals surface area contributed by atoms with Crippen LogP contribution < -0.4 is 5.32 Å². The molecule has 1 N–H and O–H groups in total. The fourth-order valence-electron chi connectivity index (χ4n) is 2.51. The molecule has 1 atom stereocenters. The molecule has 112 valence electrons. The molecule has 1 heterocycles. The Morgan fingerprint density at radius 2 is 2.05 bits per heavy atom. The number of hydrogen-bond donors (Lipinski definition) is 1. The van der Waals surface area contributed by atoms with Crippen molar-refractivity contribution in [2.45, 2.75) is 40.3 Å². The van der Waals surface area contributed by atoms with Crippen molar-refractivity contribution in [1.82, 2.24) is 5.32 Å². The number of benzene rings is 1. The summed E-state index contributed by atoms with van der Waals surface area (Å²) >= 11 is 1.80. The fraction of sp³-hybridized carbons (Fsp3) is 0.375. The minimum atomic E-state index is -0.325. The highest BCUT2D eigenvalue weighted by atomic mass is 32.1. The summed E-state index contributed by atoms with van der Waals surface area (Å²) in [4.78, 5) is 13.3. The first-order valence-electron chi connectivity index (χ1n) is 6.93. The summed E-state index contributed by atoms with van der Waals surface area (Å²) in [5.74, 6) is 0. The Bertz CT molecular complexity index is 664. The lowest BCUT2D eigenvalue weighted by Crippen LogP contribution is -2.19. The van der Waals surface area contributed by atoms with E-state index in [2.05, 4.69) is 32.2 Å². The highest BCUT2D eigenvalue weighted by Gasteiger charge is 2.15. The largest absolute Gasteiger partial charge is 0.306 e. The predicted octanol–water partition coefficient (Wildman–Crippen LogP) is 4.43. The van der Waals surface area contributed by atoms with Gasteiger partial charge in [0.05, 0.1) is 4.92 Å². The van der Waals surface area contributed by atoms with Crippen molar-refractivity contribution < 1.29 is 4.92 Å². The molecule has 1 aromatic heterocycles. The van der Waals surface area contributed by atoms with Crippen molar-refractivity contribution in [3.05, 3.63) is 60.8 Å². The summed E-state index contributed by atoms with van der Waals surface area (Å²) in [6.45, 7) is 8.80. The molecule has 5 heteroatoms. The molecule has 0 saturated carbocycles. The summed E-state index contributed by atoms with van der Waals surface area (Å²) in [6.07, 6.45) is 0. The number of thiophene rings is 1. The van der Waals surface area contributed by atoms with Gasteiger partial charge in [0.1, 0.15) is 0 Å². The van der Waals surface area contributed by atoms with Gasteiger partial charge in [0.2, 0.25) is 0 Å². The molecule has 0 aliphatic carbocycles. The lowest BCUT2D eigenvalue weighted by Gasteiger charge is -2.15. The van der Waals surface area contributed by atoms with Crippen LogP contribution >= 0.6 is 11.3 Å². The normalized spacial score (nSPS) is 12.4. The highest BCUT2D eigenvalue weighted by molar-refractivity contribution is 7.12. The van der Waals surface area contributed by atoms with Gasteiger partial charge in [0.25, 0.3) is 5.69 Å². The van der Waals surface area contributed by atoms with Gasteiger partial charge in [0.15, 0.2) is 0 Å². The smallest absolute Gasteiger partial charge is 0.272 e. The number of nitro groups is 1. The van der Waals surface area contributed by atoms with E-state index in [4.69, 9.17) is 0 Å². The predicted molar refractivity (Wildman–Crippen MR) is 86.9 cm³/mol. The minimum absolute atomic E-state index is 0.185. The van der Waals surface area contributed by atoms with E-state index >= 15 is 0 Å². The zero-order valence-electron chi connectivity index (χ0n) is 12.8. The van der Waals surface area contributed by atoms with Gasteiger partial charge in [-0.25, -0.2) is 0 Å². The first-order chi connectivity index (χ1) is 9.90. The Kier molecular flexibility index (Phi) is 4.75. The molecule has 4 nitrogen and oxygen atoms in total. The minimum Gasteiger partial charge on any atom is -0.306 e. The van der Waals surface area contributed by atoms with Gasteiger partial charge in [-0.2, -0.15) is 0 Å². The van der Waals surface area contributed by atoms with Crippen LogP contribution in [0, 0.1) is 30.9 Å². The van der Waals surface area contributed by atoms with E-state index in [1.807, 2.05) is 6.07 Å². The second-order valence-electron chi connectivity index (χ2n) is 5.29. The summed E-state index contributed by atoms with van der Waals surface area (Å²) < 4.78 is 0. The first-order valence-corrected chi connectivity index (χ1v) is 7.75. The van der Waals surface area contributed by atoms with E-state index in [0.29, 0.717) is 6.54 Å². The Hall–Kier alpha value is -1.72. The monoisotopic (exact) mass is 304 g/mol. The number of aryl methyl sites for hydroxylation is 2. The summed E-state index contributed by atoms with van der Waals surface area (Å²) in [6, 6.07) is 7.67. The van der Waals surface area contributed by atoms with Crippen LogP contribution in [0.2, 0.25) is 0 Å². The van der Waals surface area contributed by atoms with Gasteiger partial charge in [-0.1, -0.05) is 12.1 Å². The number of hydrogen-bond acceptors (Lipinski definition) is 4. The van der Waals surface area contributed by atoms with E-state index in [-0.39, 0.29) is 16.7 Å². The topological polar surface area (TPSA) is 55.2 Å². The van der Waals surface area contributed by atoms with Crippen LogP contribution in [0.4, 0.5) is 5.69 Å². The summed E-state index contributed by atoms with van der Waals surface area (Å²) in [5.41, 5.74) is 3.20. The number of nitrogens with zero attached hydrogens (tertiary/aromatic N) is 1. The zero-order valence-corrected chi connectivity index (χ0v) is 13.6. The molecule has 1 unspecified atom stereocenters. The van der Waals surface area contributed by atoms with Crippen LogP contribution in [0.25, 0.3) is 0 Å². The van der Waals surface area contributed by atoms with Gasteiger partial charge < -0.3 is 5.32 Å². The van der Waals surface area contributed by atoms with E-state index in [1.54, 1.807) is 30.4 Å². The molecule has 21 heavy (non-hydrogen) atoms. The molecule has 0 amide bonds. The second-order valence-corrected chi connectivity index (χ2v) is 6.75. The Balaban J connectivity index is 2.11.